The first-order valence-electron chi connectivity index (χ1n) is 6.36. The molecule has 3 N–H and O–H groups in total. The van der Waals surface area contributed by atoms with E-state index < -0.39 is 0 Å². The van der Waals surface area contributed by atoms with Gasteiger partial charge in [-0.25, -0.2) is 4.79 Å². The van der Waals surface area contributed by atoms with Gasteiger partial charge in [0.15, 0.2) is 0 Å². The van der Waals surface area contributed by atoms with Crippen LogP contribution in [0.15, 0.2) is 18.2 Å². The molecule has 0 radical (unpaired) electrons. The van der Waals surface area contributed by atoms with Gasteiger partial charge in [0.05, 0.1) is 24.0 Å². The number of hydrogen-bond donors (Lipinski definition) is 2. The predicted molar refractivity (Wildman–Crippen MR) is 72.6 cm³/mol. The average Bonchev–Trinajstić information content (AvgIpc) is 2.28. The maximum atomic E-state index is 11.5. The number of hydrogen-bond acceptors (Lipinski definition) is 4. The van der Waals surface area contributed by atoms with Gasteiger partial charge in [-0.15, -0.1) is 0 Å². The molecule has 0 aromatic heterocycles. The third kappa shape index (κ3) is 2.58. The molecule has 98 valence electrons. The molecule has 1 atom stereocenters. The summed E-state index contributed by atoms with van der Waals surface area (Å²) in [5.74, 6) is 0.375. The van der Waals surface area contributed by atoms with Gasteiger partial charge in [-0.1, -0.05) is 6.42 Å². The van der Waals surface area contributed by atoms with Crippen LogP contribution < -0.4 is 11.1 Å². The van der Waals surface area contributed by atoms with E-state index in [9.17, 15) is 4.79 Å². The molecule has 1 saturated carbocycles. The minimum atomic E-state index is -0.339. The number of ether oxygens (including phenoxy) is 1. The summed E-state index contributed by atoms with van der Waals surface area (Å²) in [6.07, 6.45) is 3.85. The van der Waals surface area contributed by atoms with E-state index in [1.165, 1.54) is 26.4 Å². The molecular weight excluding hydrogens is 228 g/mol. The van der Waals surface area contributed by atoms with E-state index in [1.54, 1.807) is 18.2 Å². The van der Waals surface area contributed by atoms with Crippen molar-refractivity contribution in [1.82, 2.24) is 0 Å². The Hall–Kier alpha value is -1.71. The Morgan fingerprint density at radius 3 is 2.78 bits per heavy atom. The number of anilines is 2. The van der Waals surface area contributed by atoms with Crippen molar-refractivity contribution in [3.05, 3.63) is 23.8 Å². The van der Waals surface area contributed by atoms with Crippen LogP contribution in [0.25, 0.3) is 0 Å². The fourth-order valence-corrected chi connectivity index (χ4v) is 2.23. The van der Waals surface area contributed by atoms with Gasteiger partial charge in [0, 0.05) is 6.04 Å². The first-order valence-corrected chi connectivity index (χ1v) is 6.36. The SMILES string of the molecule is COC(=O)c1ccc(N)c(NC(C)C2CCC2)c1. The topological polar surface area (TPSA) is 64.3 Å². The molecule has 0 aliphatic heterocycles. The smallest absolute Gasteiger partial charge is 0.337 e. The predicted octanol–water partition coefficient (Wildman–Crippen LogP) is 2.66. The lowest BCUT2D eigenvalue weighted by molar-refractivity contribution is 0.0601. The number of esters is 1. The summed E-state index contributed by atoms with van der Waals surface area (Å²) in [4.78, 5) is 11.5. The number of methoxy groups -OCH3 is 1. The Morgan fingerprint density at radius 1 is 1.50 bits per heavy atom. The summed E-state index contributed by atoms with van der Waals surface area (Å²) in [5.41, 5.74) is 7.93. The summed E-state index contributed by atoms with van der Waals surface area (Å²) in [6.45, 7) is 2.16. The van der Waals surface area contributed by atoms with E-state index in [4.69, 9.17) is 10.5 Å². The summed E-state index contributed by atoms with van der Waals surface area (Å²) < 4.78 is 4.71. The number of benzene rings is 1. The summed E-state index contributed by atoms with van der Waals surface area (Å²) in [6, 6.07) is 5.56. The van der Waals surface area contributed by atoms with Gasteiger partial charge in [0.25, 0.3) is 0 Å². The molecule has 4 heteroatoms. The summed E-state index contributed by atoms with van der Waals surface area (Å²) >= 11 is 0. The minimum Gasteiger partial charge on any atom is -0.465 e. The summed E-state index contributed by atoms with van der Waals surface area (Å²) in [7, 11) is 1.38. The Bertz CT molecular complexity index is 441. The Morgan fingerprint density at radius 2 is 2.22 bits per heavy atom. The number of rotatable bonds is 4. The molecule has 4 nitrogen and oxygen atoms in total. The van der Waals surface area contributed by atoms with E-state index in [2.05, 4.69) is 12.2 Å². The van der Waals surface area contributed by atoms with Crippen molar-refractivity contribution in [3.63, 3.8) is 0 Å². The van der Waals surface area contributed by atoms with Crippen molar-refractivity contribution >= 4 is 17.3 Å². The van der Waals surface area contributed by atoms with Crippen LogP contribution in [0.3, 0.4) is 0 Å². The van der Waals surface area contributed by atoms with Crippen LogP contribution in [0.1, 0.15) is 36.5 Å². The van der Waals surface area contributed by atoms with Crippen molar-refractivity contribution in [2.45, 2.75) is 32.2 Å². The van der Waals surface area contributed by atoms with Crippen molar-refractivity contribution in [1.29, 1.82) is 0 Å². The van der Waals surface area contributed by atoms with Crippen LogP contribution in [0.2, 0.25) is 0 Å². The molecule has 1 fully saturated rings. The molecule has 1 aliphatic rings. The lowest BCUT2D eigenvalue weighted by Gasteiger charge is -2.32. The molecule has 0 amide bonds. The average molecular weight is 248 g/mol. The van der Waals surface area contributed by atoms with Crippen LogP contribution >= 0.6 is 0 Å². The molecule has 18 heavy (non-hydrogen) atoms. The number of carbonyl (C=O) groups excluding carboxylic acids is 1. The molecule has 0 heterocycles. The zero-order valence-electron chi connectivity index (χ0n) is 10.9. The molecular formula is C14H20N2O2. The van der Waals surface area contributed by atoms with Gasteiger partial charge in [0.1, 0.15) is 0 Å². The largest absolute Gasteiger partial charge is 0.465 e. The van der Waals surface area contributed by atoms with Gasteiger partial charge in [-0.05, 0) is 43.9 Å². The Labute approximate surface area is 108 Å². The molecule has 1 aromatic rings. The maximum Gasteiger partial charge on any atom is 0.337 e. The first kappa shape index (κ1) is 12.7. The van der Waals surface area contributed by atoms with E-state index in [0.29, 0.717) is 23.2 Å². The van der Waals surface area contributed by atoms with Gasteiger partial charge < -0.3 is 15.8 Å². The Kier molecular flexibility index (Phi) is 3.75. The van der Waals surface area contributed by atoms with Crippen LogP contribution in [-0.2, 0) is 4.74 Å². The third-order valence-corrected chi connectivity index (χ3v) is 3.71. The second-order valence-corrected chi connectivity index (χ2v) is 4.92. The summed E-state index contributed by atoms with van der Waals surface area (Å²) in [5, 5.41) is 3.40. The molecule has 1 unspecified atom stereocenters. The van der Waals surface area contributed by atoms with Crippen LogP contribution in [-0.4, -0.2) is 19.1 Å². The zero-order valence-corrected chi connectivity index (χ0v) is 10.9. The highest BCUT2D eigenvalue weighted by atomic mass is 16.5. The van der Waals surface area contributed by atoms with Crippen LogP contribution in [0, 0.1) is 5.92 Å². The number of nitrogen functional groups attached to an aromatic ring is 1. The maximum absolute atomic E-state index is 11.5. The highest BCUT2D eigenvalue weighted by Crippen LogP contribution is 2.32. The molecule has 0 spiro atoms. The lowest BCUT2D eigenvalue weighted by Crippen LogP contribution is -2.31. The molecule has 0 saturated heterocycles. The van der Waals surface area contributed by atoms with Gasteiger partial charge >= 0.3 is 5.97 Å². The van der Waals surface area contributed by atoms with Gasteiger partial charge in [0.2, 0.25) is 0 Å². The van der Waals surface area contributed by atoms with E-state index in [1.807, 2.05) is 0 Å². The monoisotopic (exact) mass is 248 g/mol. The fraction of sp³-hybridized carbons (Fsp3) is 0.500. The molecule has 2 rings (SSSR count). The van der Waals surface area contributed by atoms with Gasteiger partial charge in [-0.3, -0.25) is 0 Å². The number of carbonyl (C=O) groups is 1. The molecule has 1 aromatic carbocycles. The normalized spacial score (nSPS) is 16.8. The lowest BCUT2D eigenvalue weighted by atomic mass is 9.80. The molecule has 1 aliphatic carbocycles. The van der Waals surface area contributed by atoms with Gasteiger partial charge in [-0.2, -0.15) is 0 Å². The second kappa shape index (κ2) is 5.29. The van der Waals surface area contributed by atoms with Crippen molar-refractivity contribution in [3.8, 4) is 0 Å². The van der Waals surface area contributed by atoms with E-state index >= 15 is 0 Å². The zero-order chi connectivity index (χ0) is 13.1. The van der Waals surface area contributed by atoms with E-state index in [0.717, 1.165) is 5.69 Å². The van der Waals surface area contributed by atoms with Crippen molar-refractivity contribution in [2.24, 2.45) is 5.92 Å². The highest BCUT2D eigenvalue weighted by Gasteiger charge is 2.24. The van der Waals surface area contributed by atoms with Crippen LogP contribution in [0.4, 0.5) is 11.4 Å². The first-order chi connectivity index (χ1) is 8.61. The second-order valence-electron chi connectivity index (χ2n) is 4.92. The highest BCUT2D eigenvalue weighted by molar-refractivity contribution is 5.91. The Balaban J connectivity index is 2.12. The van der Waals surface area contributed by atoms with Crippen molar-refractivity contribution < 1.29 is 9.53 Å². The van der Waals surface area contributed by atoms with Crippen LogP contribution in [0.5, 0.6) is 0 Å². The number of nitrogens with two attached hydrogens (primary N) is 1. The molecule has 0 bridgehead atoms. The standard InChI is InChI=1S/C14H20N2O2/c1-9(10-4-3-5-10)16-13-8-11(14(17)18-2)6-7-12(13)15/h6-10,16H,3-5,15H2,1-2H3. The fourth-order valence-electron chi connectivity index (χ4n) is 2.23. The number of nitrogens with one attached hydrogen (secondary N) is 1. The van der Waals surface area contributed by atoms with Crippen molar-refractivity contribution in [2.75, 3.05) is 18.2 Å². The third-order valence-electron chi connectivity index (χ3n) is 3.71. The van der Waals surface area contributed by atoms with E-state index in [-0.39, 0.29) is 5.97 Å². The minimum absolute atomic E-state index is 0.339. The quantitative estimate of drug-likeness (QED) is 0.635.